The molecular weight excluding hydrogens is 152 g/mol. The van der Waals surface area contributed by atoms with Crippen molar-refractivity contribution in [2.75, 3.05) is 0 Å². The molecule has 0 amide bonds. The number of hydrogen-bond acceptors (Lipinski definition) is 1. The number of carboxylic acid groups (broad SMARTS) is 1. The van der Waals surface area contributed by atoms with Crippen molar-refractivity contribution in [2.24, 2.45) is 17.3 Å². The lowest BCUT2D eigenvalue weighted by molar-refractivity contribution is -0.147. The third-order valence-corrected chi connectivity index (χ3v) is 3.24. The maximum atomic E-state index is 10.9. The largest absolute Gasteiger partial charge is 0.481 e. The lowest BCUT2D eigenvalue weighted by atomic mass is 9.85. The molecule has 1 aliphatic rings. The van der Waals surface area contributed by atoms with Gasteiger partial charge in [0, 0.05) is 0 Å². The first-order chi connectivity index (χ1) is 5.46. The van der Waals surface area contributed by atoms with E-state index in [2.05, 4.69) is 13.8 Å². The van der Waals surface area contributed by atoms with E-state index in [4.69, 9.17) is 5.11 Å². The summed E-state index contributed by atoms with van der Waals surface area (Å²) in [6.45, 7) is 6.23. The van der Waals surface area contributed by atoms with Gasteiger partial charge in [-0.3, -0.25) is 4.79 Å². The molecule has 70 valence electrons. The molecule has 0 spiro atoms. The van der Waals surface area contributed by atoms with Gasteiger partial charge in [-0.15, -0.1) is 0 Å². The van der Waals surface area contributed by atoms with E-state index in [1.165, 1.54) is 0 Å². The number of aliphatic carboxylic acids is 1. The second kappa shape index (κ2) is 3.08. The van der Waals surface area contributed by atoms with Gasteiger partial charge < -0.3 is 5.11 Å². The summed E-state index contributed by atoms with van der Waals surface area (Å²) >= 11 is 0. The molecule has 0 radical (unpaired) electrons. The fourth-order valence-corrected chi connectivity index (χ4v) is 2.05. The van der Waals surface area contributed by atoms with E-state index in [0.29, 0.717) is 11.8 Å². The summed E-state index contributed by atoms with van der Waals surface area (Å²) in [7, 11) is 0. The minimum atomic E-state index is -0.620. The second-order valence-corrected chi connectivity index (χ2v) is 4.61. The Bertz CT molecular complexity index is 186. The van der Waals surface area contributed by atoms with Gasteiger partial charge in [-0.05, 0) is 38.0 Å². The smallest absolute Gasteiger partial charge is 0.309 e. The maximum absolute atomic E-state index is 10.9. The van der Waals surface area contributed by atoms with Crippen LogP contribution in [0.15, 0.2) is 0 Å². The van der Waals surface area contributed by atoms with Crippen LogP contribution in [0.4, 0.5) is 0 Å². The minimum Gasteiger partial charge on any atom is -0.481 e. The SMILES string of the molecule is CC(C)C1CC[C@@](C)(C(=O)O)C1. The fourth-order valence-electron chi connectivity index (χ4n) is 2.05. The van der Waals surface area contributed by atoms with Gasteiger partial charge in [-0.2, -0.15) is 0 Å². The summed E-state index contributed by atoms with van der Waals surface area (Å²) in [6.07, 6.45) is 2.80. The molecule has 2 heteroatoms. The molecule has 0 aromatic rings. The predicted molar refractivity (Wildman–Crippen MR) is 47.9 cm³/mol. The summed E-state index contributed by atoms with van der Waals surface area (Å²) in [5.41, 5.74) is -0.436. The van der Waals surface area contributed by atoms with Crippen molar-refractivity contribution in [3.05, 3.63) is 0 Å². The van der Waals surface area contributed by atoms with E-state index >= 15 is 0 Å². The summed E-state index contributed by atoms with van der Waals surface area (Å²) in [6, 6.07) is 0. The Hall–Kier alpha value is -0.530. The van der Waals surface area contributed by atoms with Gasteiger partial charge in [-0.25, -0.2) is 0 Å². The van der Waals surface area contributed by atoms with Crippen LogP contribution in [0.5, 0.6) is 0 Å². The molecule has 2 atom stereocenters. The molecule has 12 heavy (non-hydrogen) atoms. The van der Waals surface area contributed by atoms with Gasteiger partial charge in [0.15, 0.2) is 0 Å². The first-order valence-corrected chi connectivity index (χ1v) is 4.69. The van der Waals surface area contributed by atoms with Crippen LogP contribution < -0.4 is 0 Å². The average molecular weight is 170 g/mol. The van der Waals surface area contributed by atoms with E-state index in [-0.39, 0.29) is 0 Å². The highest BCUT2D eigenvalue weighted by molar-refractivity contribution is 5.74. The monoisotopic (exact) mass is 170 g/mol. The number of hydrogen-bond donors (Lipinski definition) is 1. The molecule has 0 aliphatic heterocycles. The highest BCUT2D eigenvalue weighted by atomic mass is 16.4. The standard InChI is InChI=1S/C10H18O2/c1-7(2)8-4-5-10(3,6-8)9(11)12/h7-8H,4-6H2,1-3H3,(H,11,12)/t8?,10-/m1/s1. The summed E-state index contributed by atoms with van der Waals surface area (Å²) in [5.74, 6) is 0.628. The van der Waals surface area contributed by atoms with Gasteiger partial charge in [0.25, 0.3) is 0 Å². The summed E-state index contributed by atoms with van der Waals surface area (Å²) in [4.78, 5) is 10.9. The van der Waals surface area contributed by atoms with Crippen molar-refractivity contribution in [2.45, 2.75) is 40.0 Å². The third-order valence-electron chi connectivity index (χ3n) is 3.24. The molecule has 0 bridgehead atoms. The van der Waals surface area contributed by atoms with Gasteiger partial charge in [0.05, 0.1) is 5.41 Å². The Morgan fingerprint density at radius 1 is 1.58 bits per heavy atom. The molecule has 0 heterocycles. The van der Waals surface area contributed by atoms with Gasteiger partial charge in [0.2, 0.25) is 0 Å². The van der Waals surface area contributed by atoms with Crippen LogP contribution in [0.3, 0.4) is 0 Å². The molecule has 0 aromatic heterocycles. The molecule has 1 fully saturated rings. The Kier molecular flexibility index (Phi) is 2.45. The molecule has 1 saturated carbocycles. The molecule has 1 N–H and O–H groups in total. The molecular formula is C10H18O2. The quantitative estimate of drug-likeness (QED) is 0.691. The number of carbonyl (C=O) groups is 1. The van der Waals surface area contributed by atoms with Crippen LogP contribution in [-0.4, -0.2) is 11.1 Å². The fraction of sp³-hybridized carbons (Fsp3) is 0.900. The van der Waals surface area contributed by atoms with E-state index in [0.717, 1.165) is 19.3 Å². The Morgan fingerprint density at radius 2 is 2.17 bits per heavy atom. The lowest BCUT2D eigenvalue weighted by Gasteiger charge is -2.19. The van der Waals surface area contributed by atoms with E-state index < -0.39 is 11.4 Å². The minimum absolute atomic E-state index is 0.436. The lowest BCUT2D eigenvalue weighted by Crippen LogP contribution is -2.24. The molecule has 1 aliphatic carbocycles. The van der Waals surface area contributed by atoms with Gasteiger partial charge in [-0.1, -0.05) is 13.8 Å². The van der Waals surface area contributed by atoms with Crippen LogP contribution >= 0.6 is 0 Å². The molecule has 1 rings (SSSR count). The van der Waals surface area contributed by atoms with Gasteiger partial charge >= 0.3 is 5.97 Å². The van der Waals surface area contributed by atoms with Crippen molar-refractivity contribution in [1.82, 2.24) is 0 Å². The van der Waals surface area contributed by atoms with Crippen LogP contribution in [0.25, 0.3) is 0 Å². The predicted octanol–water partition coefficient (Wildman–Crippen LogP) is 2.53. The summed E-state index contributed by atoms with van der Waals surface area (Å²) in [5, 5.41) is 8.97. The van der Waals surface area contributed by atoms with Crippen molar-refractivity contribution >= 4 is 5.97 Å². The number of carboxylic acids is 1. The van der Waals surface area contributed by atoms with E-state index in [9.17, 15) is 4.79 Å². The van der Waals surface area contributed by atoms with Crippen molar-refractivity contribution < 1.29 is 9.90 Å². The molecule has 0 saturated heterocycles. The van der Waals surface area contributed by atoms with Crippen molar-refractivity contribution in [3.63, 3.8) is 0 Å². The topological polar surface area (TPSA) is 37.3 Å². The Morgan fingerprint density at radius 3 is 2.42 bits per heavy atom. The van der Waals surface area contributed by atoms with E-state index in [1.807, 2.05) is 6.92 Å². The third kappa shape index (κ3) is 1.62. The zero-order chi connectivity index (χ0) is 9.35. The maximum Gasteiger partial charge on any atom is 0.309 e. The molecule has 1 unspecified atom stereocenters. The van der Waals surface area contributed by atoms with Crippen LogP contribution in [0.1, 0.15) is 40.0 Å². The zero-order valence-corrected chi connectivity index (χ0v) is 8.13. The zero-order valence-electron chi connectivity index (χ0n) is 8.13. The normalized spacial score (nSPS) is 35.8. The first-order valence-electron chi connectivity index (χ1n) is 4.69. The van der Waals surface area contributed by atoms with Crippen LogP contribution in [-0.2, 0) is 4.79 Å². The summed E-state index contributed by atoms with van der Waals surface area (Å²) < 4.78 is 0. The Labute approximate surface area is 74.0 Å². The average Bonchev–Trinajstić information content (AvgIpc) is 2.33. The highest BCUT2D eigenvalue weighted by Gasteiger charge is 2.41. The van der Waals surface area contributed by atoms with Crippen LogP contribution in [0, 0.1) is 17.3 Å². The molecule has 0 aromatic carbocycles. The second-order valence-electron chi connectivity index (χ2n) is 4.61. The first kappa shape index (κ1) is 9.56. The van der Waals surface area contributed by atoms with Crippen molar-refractivity contribution in [1.29, 1.82) is 0 Å². The molecule has 2 nitrogen and oxygen atoms in total. The van der Waals surface area contributed by atoms with E-state index in [1.54, 1.807) is 0 Å². The van der Waals surface area contributed by atoms with Gasteiger partial charge in [0.1, 0.15) is 0 Å². The highest BCUT2D eigenvalue weighted by Crippen LogP contribution is 2.44. The van der Waals surface area contributed by atoms with Crippen molar-refractivity contribution in [3.8, 4) is 0 Å². The Balaban J connectivity index is 2.61. The van der Waals surface area contributed by atoms with Crippen LogP contribution in [0.2, 0.25) is 0 Å². The number of rotatable bonds is 2.